The molecule has 166 valence electrons. The molecule has 0 heterocycles. The fourth-order valence-corrected chi connectivity index (χ4v) is 4.16. The van der Waals surface area contributed by atoms with Crippen molar-refractivity contribution >= 4 is 11.9 Å². The largest absolute Gasteiger partial charge is 0.507 e. The zero-order valence-corrected chi connectivity index (χ0v) is 18.7. The van der Waals surface area contributed by atoms with Crippen LogP contribution < -0.4 is 4.74 Å². The number of carboxylic acids is 1. The van der Waals surface area contributed by atoms with Gasteiger partial charge in [0.1, 0.15) is 23.7 Å². The molecule has 2 N–H and O–H groups in total. The molecule has 1 aliphatic carbocycles. The quantitative estimate of drug-likeness (QED) is 0.623. The number of benzene rings is 2. The second-order valence-electron chi connectivity index (χ2n) is 9.47. The van der Waals surface area contributed by atoms with Gasteiger partial charge in [0.15, 0.2) is 6.10 Å². The fraction of sp³-hybridized carbons (Fsp3) is 0.440. The maximum Gasteiger partial charge on any atom is 0.339 e. The fourth-order valence-electron chi connectivity index (χ4n) is 4.16. The topological polar surface area (TPSA) is 93.1 Å². The number of aromatic hydroxyl groups is 1. The van der Waals surface area contributed by atoms with Crippen molar-refractivity contribution in [3.8, 4) is 11.5 Å². The van der Waals surface area contributed by atoms with E-state index in [0.29, 0.717) is 5.75 Å². The van der Waals surface area contributed by atoms with Crippen molar-refractivity contribution in [1.29, 1.82) is 0 Å². The van der Waals surface area contributed by atoms with Crippen LogP contribution >= 0.6 is 0 Å². The van der Waals surface area contributed by atoms with Gasteiger partial charge in [-0.05, 0) is 52.5 Å². The highest BCUT2D eigenvalue weighted by atomic mass is 16.6. The Morgan fingerprint density at radius 3 is 2.23 bits per heavy atom. The molecule has 1 aliphatic rings. The molecule has 1 atom stereocenters. The van der Waals surface area contributed by atoms with Gasteiger partial charge in [0.25, 0.3) is 0 Å². The van der Waals surface area contributed by atoms with E-state index < -0.39 is 18.0 Å². The monoisotopic (exact) mass is 426 g/mol. The van der Waals surface area contributed by atoms with Crippen molar-refractivity contribution in [1.82, 2.24) is 0 Å². The van der Waals surface area contributed by atoms with Crippen LogP contribution in [0.15, 0.2) is 36.4 Å². The van der Waals surface area contributed by atoms with Gasteiger partial charge in [-0.25, -0.2) is 4.79 Å². The first-order chi connectivity index (χ1) is 14.4. The molecule has 6 nitrogen and oxygen atoms in total. The third kappa shape index (κ3) is 4.84. The minimum atomic E-state index is -1.22. The lowest BCUT2D eigenvalue weighted by molar-refractivity contribution is -0.148. The minimum absolute atomic E-state index is 0.0148. The summed E-state index contributed by atoms with van der Waals surface area (Å²) in [5.41, 5.74) is 3.29. The van der Waals surface area contributed by atoms with E-state index in [1.165, 1.54) is 36.2 Å². The summed E-state index contributed by atoms with van der Waals surface area (Å²) in [5.74, 6) is -1.73. The van der Waals surface area contributed by atoms with Crippen LogP contribution in [-0.2, 0) is 20.4 Å². The SMILES string of the molecule is CC(=O)OC(COc1ccc(C(=O)O)c(O)c1)c1ccc2c(c1)C(C)(C)CCC2(C)C. The number of esters is 1. The lowest BCUT2D eigenvalue weighted by Crippen LogP contribution is -2.34. The molecule has 0 bridgehead atoms. The molecule has 0 fully saturated rings. The summed E-state index contributed by atoms with van der Waals surface area (Å²) in [7, 11) is 0. The molecule has 2 aromatic carbocycles. The average Bonchev–Trinajstić information content (AvgIpc) is 2.68. The standard InChI is InChI=1S/C25H30O6/c1-15(26)31-22(14-30-17-7-8-18(23(28)29)21(27)13-17)16-6-9-19-20(12-16)25(4,5)11-10-24(19,2)3/h6-9,12-13,22,27H,10-11,14H2,1-5H3,(H,28,29). The van der Waals surface area contributed by atoms with Gasteiger partial charge in [0, 0.05) is 13.0 Å². The summed E-state index contributed by atoms with van der Waals surface area (Å²) < 4.78 is 11.3. The molecule has 3 rings (SSSR count). The predicted octanol–water partition coefficient (Wildman–Crippen LogP) is 5.12. The molecule has 0 amide bonds. The Bertz CT molecular complexity index is 1010. The number of carboxylic acid groups (broad SMARTS) is 1. The first kappa shape index (κ1) is 22.7. The van der Waals surface area contributed by atoms with Gasteiger partial charge in [-0.15, -0.1) is 0 Å². The highest BCUT2D eigenvalue weighted by molar-refractivity contribution is 5.90. The smallest absolute Gasteiger partial charge is 0.339 e. The number of rotatable bonds is 6. The van der Waals surface area contributed by atoms with Crippen molar-refractivity contribution in [2.45, 2.75) is 64.4 Å². The van der Waals surface area contributed by atoms with E-state index in [9.17, 15) is 14.7 Å². The number of carbonyl (C=O) groups is 2. The van der Waals surface area contributed by atoms with Gasteiger partial charge >= 0.3 is 11.9 Å². The normalized spacial score (nSPS) is 17.3. The van der Waals surface area contributed by atoms with Crippen LogP contribution in [0, 0.1) is 0 Å². The van der Waals surface area contributed by atoms with Crippen LogP contribution in [0.2, 0.25) is 0 Å². The maximum absolute atomic E-state index is 11.7. The highest BCUT2D eigenvalue weighted by Crippen LogP contribution is 2.46. The molecular weight excluding hydrogens is 396 g/mol. The Labute approximate surface area is 182 Å². The number of carbonyl (C=O) groups excluding carboxylic acids is 1. The van der Waals surface area contributed by atoms with Gasteiger partial charge in [-0.3, -0.25) is 4.79 Å². The van der Waals surface area contributed by atoms with Gasteiger partial charge in [-0.2, -0.15) is 0 Å². The first-order valence-electron chi connectivity index (χ1n) is 10.4. The van der Waals surface area contributed by atoms with E-state index in [1.807, 2.05) is 6.07 Å². The molecule has 6 heteroatoms. The highest BCUT2D eigenvalue weighted by Gasteiger charge is 2.37. The predicted molar refractivity (Wildman–Crippen MR) is 117 cm³/mol. The Morgan fingerprint density at radius 1 is 1.00 bits per heavy atom. The molecule has 1 unspecified atom stereocenters. The second kappa shape index (κ2) is 8.25. The lowest BCUT2D eigenvalue weighted by atomic mass is 9.63. The number of hydrogen-bond donors (Lipinski definition) is 2. The van der Waals surface area contributed by atoms with E-state index in [0.717, 1.165) is 18.4 Å². The second-order valence-corrected chi connectivity index (χ2v) is 9.47. The lowest BCUT2D eigenvalue weighted by Gasteiger charge is -2.42. The van der Waals surface area contributed by atoms with Crippen molar-refractivity contribution in [3.63, 3.8) is 0 Å². The Morgan fingerprint density at radius 2 is 1.65 bits per heavy atom. The summed E-state index contributed by atoms with van der Waals surface area (Å²) >= 11 is 0. The van der Waals surface area contributed by atoms with Crippen molar-refractivity contribution in [3.05, 3.63) is 58.7 Å². The molecule has 0 saturated carbocycles. The number of aromatic carboxylic acids is 1. The molecular formula is C25H30O6. The Hall–Kier alpha value is -3.02. The summed E-state index contributed by atoms with van der Waals surface area (Å²) in [6, 6.07) is 10.2. The van der Waals surface area contributed by atoms with Crippen LogP contribution in [0.4, 0.5) is 0 Å². The molecule has 0 aromatic heterocycles. The zero-order valence-electron chi connectivity index (χ0n) is 18.7. The Balaban J connectivity index is 1.89. The van der Waals surface area contributed by atoms with Gasteiger partial charge in [0.05, 0.1) is 0 Å². The summed E-state index contributed by atoms with van der Waals surface area (Å²) in [6.45, 7) is 10.4. The van der Waals surface area contributed by atoms with E-state index in [1.54, 1.807) is 0 Å². The van der Waals surface area contributed by atoms with Crippen LogP contribution in [0.1, 0.15) is 80.6 Å². The van der Waals surface area contributed by atoms with Gasteiger partial charge in [0.2, 0.25) is 0 Å². The van der Waals surface area contributed by atoms with Crippen LogP contribution in [0.25, 0.3) is 0 Å². The van der Waals surface area contributed by atoms with Gasteiger partial charge < -0.3 is 19.7 Å². The summed E-state index contributed by atoms with van der Waals surface area (Å²) in [4.78, 5) is 22.8. The van der Waals surface area contributed by atoms with E-state index in [4.69, 9.17) is 14.6 Å². The van der Waals surface area contributed by atoms with Crippen molar-refractivity contribution in [2.24, 2.45) is 0 Å². The summed E-state index contributed by atoms with van der Waals surface area (Å²) in [6.07, 6.45) is 1.55. The molecule has 2 aromatic rings. The molecule has 0 saturated heterocycles. The van der Waals surface area contributed by atoms with Crippen LogP contribution in [0.5, 0.6) is 11.5 Å². The summed E-state index contributed by atoms with van der Waals surface area (Å²) in [5, 5.41) is 18.9. The average molecular weight is 427 g/mol. The van der Waals surface area contributed by atoms with Crippen molar-refractivity contribution < 1.29 is 29.3 Å². The number of fused-ring (bicyclic) bond motifs is 1. The van der Waals surface area contributed by atoms with E-state index >= 15 is 0 Å². The first-order valence-corrected chi connectivity index (χ1v) is 10.4. The molecule has 31 heavy (non-hydrogen) atoms. The number of hydrogen-bond acceptors (Lipinski definition) is 5. The van der Waals surface area contributed by atoms with Crippen molar-refractivity contribution in [2.75, 3.05) is 6.61 Å². The van der Waals surface area contributed by atoms with E-state index in [-0.39, 0.29) is 28.7 Å². The molecule has 0 spiro atoms. The third-order valence-corrected chi connectivity index (χ3v) is 6.16. The van der Waals surface area contributed by atoms with Gasteiger partial charge in [-0.1, -0.05) is 45.9 Å². The minimum Gasteiger partial charge on any atom is -0.507 e. The third-order valence-electron chi connectivity index (χ3n) is 6.16. The van der Waals surface area contributed by atoms with Crippen LogP contribution in [-0.4, -0.2) is 28.8 Å². The molecule has 0 radical (unpaired) electrons. The number of ether oxygens (including phenoxy) is 2. The Kier molecular flexibility index (Phi) is 6.03. The van der Waals surface area contributed by atoms with Crippen LogP contribution in [0.3, 0.4) is 0 Å². The maximum atomic E-state index is 11.7. The number of phenols is 1. The zero-order chi connectivity index (χ0) is 23.0. The molecule has 0 aliphatic heterocycles. The van der Waals surface area contributed by atoms with E-state index in [2.05, 4.69) is 39.8 Å².